The maximum absolute atomic E-state index is 12.4. The second-order valence-corrected chi connectivity index (χ2v) is 10.5. The predicted octanol–water partition coefficient (Wildman–Crippen LogP) is 4.13. The van der Waals surface area contributed by atoms with Crippen LogP contribution in [0.3, 0.4) is 0 Å². The third kappa shape index (κ3) is 5.50. The Labute approximate surface area is 143 Å². The minimum atomic E-state index is -1.23. The van der Waals surface area contributed by atoms with Crippen LogP contribution in [0.5, 0.6) is 0 Å². The SMILES string of the molecule is C=CCOC(=O)N1CC(=C)C[C@H]1C(O[SiH](CC)CC)C(C)(C)C. The molecule has 1 heterocycles. The predicted molar refractivity (Wildman–Crippen MR) is 98.2 cm³/mol. The van der Waals surface area contributed by atoms with Gasteiger partial charge in [-0.3, -0.25) is 4.90 Å². The molecule has 0 radical (unpaired) electrons. The summed E-state index contributed by atoms with van der Waals surface area (Å²) in [4.78, 5) is 14.2. The van der Waals surface area contributed by atoms with Crippen molar-refractivity contribution in [3.05, 3.63) is 24.8 Å². The molecule has 132 valence electrons. The first-order valence-electron chi connectivity index (χ1n) is 8.60. The Kier molecular flexibility index (Phi) is 7.54. The fraction of sp³-hybridized carbons (Fsp3) is 0.722. The van der Waals surface area contributed by atoms with E-state index >= 15 is 0 Å². The second-order valence-electron chi connectivity index (χ2n) is 7.38. The topological polar surface area (TPSA) is 38.8 Å². The summed E-state index contributed by atoms with van der Waals surface area (Å²) in [6.07, 6.45) is 2.10. The molecule has 1 rings (SSSR count). The van der Waals surface area contributed by atoms with E-state index in [1.54, 1.807) is 11.0 Å². The van der Waals surface area contributed by atoms with E-state index in [0.29, 0.717) is 6.54 Å². The van der Waals surface area contributed by atoms with E-state index in [0.717, 1.165) is 24.1 Å². The number of likely N-dealkylation sites (tertiary alicyclic amines) is 1. The van der Waals surface area contributed by atoms with Gasteiger partial charge in [0.25, 0.3) is 0 Å². The summed E-state index contributed by atoms with van der Waals surface area (Å²) in [6.45, 7) is 19.4. The van der Waals surface area contributed by atoms with E-state index in [4.69, 9.17) is 9.16 Å². The summed E-state index contributed by atoms with van der Waals surface area (Å²) in [5, 5.41) is 0. The molecule has 1 amide bonds. The van der Waals surface area contributed by atoms with E-state index in [1.165, 1.54) is 0 Å². The molecule has 2 atom stereocenters. The molecule has 1 aliphatic heterocycles. The van der Waals surface area contributed by atoms with Crippen LogP contribution in [0, 0.1) is 5.41 Å². The van der Waals surface area contributed by atoms with E-state index in [1.807, 2.05) is 0 Å². The van der Waals surface area contributed by atoms with Gasteiger partial charge in [0.1, 0.15) is 6.61 Å². The molecular formula is C18H33NO3Si. The fourth-order valence-corrected chi connectivity index (χ4v) is 5.04. The van der Waals surface area contributed by atoms with Crippen molar-refractivity contribution in [1.82, 2.24) is 4.90 Å². The van der Waals surface area contributed by atoms with Crippen LogP contribution in [-0.2, 0) is 9.16 Å². The van der Waals surface area contributed by atoms with Gasteiger partial charge in [-0.05, 0) is 23.9 Å². The lowest BCUT2D eigenvalue weighted by atomic mass is 9.83. The first kappa shape index (κ1) is 20.0. The normalized spacial score (nSPS) is 20.0. The van der Waals surface area contributed by atoms with E-state index < -0.39 is 9.04 Å². The highest BCUT2D eigenvalue weighted by atomic mass is 28.3. The van der Waals surface area contributed by atoms with Crippen molar-refractivity contribution >= 4 is 15.1 Å². The zero-order valence-electron chi connectivity index (χ0n) is 15.4. The molecule has 0 aromatic carbocycles. The first-order chi connectivity index (χ1) is 10.7. The fourth-order valence-electron chi connectivity index (χ4n) is 3.07. The molecule has 0 saturated carbocycles. The highest BCUT2D eigenvalue weighted by Gasteiger charge is 2.43. The van der Waals surface area contributed by atoms with Crippen LogP contribution >= 0.6 is 0 Å². The standard InChI is InChI=1S/C18H33NO3Si/c1-8-11-21-17(20)19-13-14(4)12-15(19)16(18(5,6)7)22-23(9-2)10-3/h8,15-16,23H,1,4,9-13H2,2-3,5-7H3/t15-,16?/m0/s1. The third-order valence-electron chi connectivity index (χ3n) is 4.30. The van der Waals surface area contributed by atoms with Gasteiger partial charge in [0, 0.05) is 6.54 Å². The van der Waals surface area contributed by atoms with Crippen molar-refractivity contribution in [2.24, 2.45) is 5.41 Å². The number of nitrogens with zero attached hydrogens (tertiary/aromatic N) is 1. The van der Waals surface area contributed by atoms with Crippen molar-refractivity contribution in [1.29, 1.82) is 0 Å². The maximum atomic E-state index is 12.4. The van der Waals surface area contributed by atoms with E-state index in [-0.39, 0.29) is 30.3 Å². The van der Waals surface area contributed by atoms with Gasteiger partial charge < -0.3 is 9.16 Å². The number of rotatable bonds is 7. The van der Waals surface area contributed by atoms with Crippen LogP contribution < -0.4 is 0 Å². The van der Waals surface area contributed by atoms with Gasteiger partial charge in [-0.2, -0.15) is 0 Å². The molecule has 23 heavy (non-hydrogen) atoms. The Morgan fingerprint density at radius 1 is 1.43 bits per heavy atom. The molecule has 1 saturated heterocycles. The molecule has 0 spiro atoms. The number of hydrogen-bond acceptors (Lipinski definition) is 3. The number of carbonyl (C=O) groups is 1. The van der Waals surface area contributed by atoms with Crippen molar-refractivity contribution in [3.8, 4) is 0 Å². The van der Waals surface area contributed by atoms with Crippen LogP contribution in [0.4, 0.5) is 4.79 Å². The number of hydrogen-bond donors (Lipinski definition) is 0. The molecule has 0 bridgehead atoms. The average Bonchev–Trinajstić information content (AvgIpc) is 2.86. The van der Waals surface area contributed by atoms with Gasteiger partial charge >= 0.3 is 6.09 Å². The van der Waals surface area contributed by atoms with Crippen molar-refractivity contribution in [2.45, 2.75) is 65.3 Å². The Morgan fingerprint density at radius 2 is 2.04 bits per heavy atom. The minimum Gasteiger partial charge on any atom is -0.445 e. The Balaban J connectivity index is 2.99. The van der Waals surface area contributed by atoms with Crippen LogP contribution in [0.1, 0.15) is 41.0 Å². The lowest BCUT2D eigenvalue weighted by molar-refractivity contribution is 0.0104. The highest BCUT2D eigenvalue weighted by molar-refractivity contribution is 6.51. The van der Waals surface area contributed by atoms with Gasteiger partial charge in [-0.1, -0.05) is 59.4 Å². The maximum Gasteiger partial charge on any atom is 0.410 e. The molecule has 0 N–H and O–H groups in total. The zero-order chi connectivity index (χ0) is 17.6. The zero-order valence-corrected chi connectivity index (χ0v) is 16.6. The first-order valence-corrected chi connectivity index (χ1v) is 10.7. The minimum absolute atomic E-state index is 0.00733. The van der Waals surface area contributed by atoms with Gasteiger partial charge in [-0.15, -0.1) is 0 Å². The van der Waals surface area contributed by atoms with Crippen LogP contribution in [0.2, 0.25) is 12.1 Å². The lowest BCUT2D eigenvalue weighted by Gasteiger charge is -2.40. The Morgan fingerprint density at radius 3 is 2.52 bits per heavy atom. The summed E-state index contributed by atoms with van der Waals surface area (Å²) >= 11 is 0. The quantitative estimate of drug-likeness (QED) is 0.517. The van der Waals surface area contributed by atoms with Gasteiger partial charge in [0.15, 0.2) is 9.04 Å². The smallest absolute Gasteiger partial charge is 0.410 e. The number of ether oxygens (including phenoxy) is 1. The number of carbonyl (C=O) groups excluding carboxylic acids is 1. The van der Waals surface area contributed by atoms with Crippen molar-refractivity contribution in [2.75, 3.05) is 13.2 Å². The molecule has 1 unspecified atom stereocenters. The summed E-state index contributed by atoms with van der Waals surface area (Å²) in [5.74, 6) is 0. The molecule has 1 aliphatic rings. The van der Waals surface area contributed by atoms with Crippen molar-refractivity contribution in [3.63, 3.8) is 0 Å². The van der Waals surface area contributed by atoms with Gasteiger partial charge in [0.2, 0.25) is 0 Å². The lowest BCUT2D eigenvalue weighted by Crippen LogP contribution is -2.51. The molecule has 4 nitrogen and oxygen atoms in total. The second kappa shape index (κ2) is 8.69. The average molecular weight is 340 g/mol. The van der Waals surface area contributed by atoms with Crippen LogP contribution in [0.15, 0.2) is 24.8 Å². The van der Waals surface area contributed by atoms with Gasteiger partial charge in [-0.25, -0.2) is 4.79 Å². The third-order valence-corrected chi connectivity index (χ3v) is 6.80. The largest absolute Gasteiger partial charge is 0.445 e. The van der Waals surface area contributed by atoms with Crippen LogP contribution in [0.25, 0.3) is 0 Å². The summed E-state index contributed by atoms with van der Waals surface area (Å²) in [7, 11) is -1.23. The molecule has 1 fully saturated rings. The Hall–Kier alpha value is -1.07. The van der Waals surface area contributed by atoms with Crippen molar-refractivity contribution < 1.29 is 14.0 Å². The van der Waals surface area contributed by atoms with E-state index in [2.05, 4.69) is 47.8 Å². The molecule has 0 aromatic heterocycles. The monoisotopic (exact) mass is 339 g/mol. The highest BCUT2D eigenvalue weighted by Crippen LogP contribution is 2.35. The van der Waals surface area contributed by atoms with E-state index in [9.17, 15) is 4.79 Å². The number of amides is 1. The molecule has 0 aliphatic carbocycles. The summed E-state index contributed by atoms with van der Waals surface area (Å²) in [5.41, 5.74) is 1.02. The summed E-state index contributed by atoms with van der Waals surface area (Å²) < 4.78 is 11.8. The van der Waals surface area contributed by atoms with Crippen LogP contribution in [-0.4, -0.2) is 45.3 Å². The van der Waals surface area contributed by atoms with Gasteiger partial charge in [0.05, 0.1) is 12.1 Å². The summed E-state index contributed by atoms with van der Waals surface area (Å²) in [6, 6.07) is 2.22. The molecule has 5 heteroatoms. The molecule has 0 aromatic rings. The Bertz CT molecular complexity index is 426. The molecular weight excluding hydrogens is 306 g/mol.